The number of nitrogen functional groups attached to an aromatic ring is 2. The van der Waals surface area contributed by atoms with E-state index in [0.29, 0.717) is 11.0 Å². The van der Waals surface area contributed by atoms with Crippen LogP contribution in [0.2, 0.25) is 0 Å². The van der Waals surface area contributed by atoms with Crippen molar-refractivity contribution >= 4 is 35.1 Å². The first-order valence-corrected chi connectivity index (χ1v) is 6.71. The van der Waals surface area contributed by atoms with Gasteiger partial charge in [-0.1, -0.05) is 17.8 Å². The number of carbonyl (C=O) groups is 1. The Kier molecular flexibility index (Phi) is 4.36. The molecule has 0 saturated carbocycles. The molecule has 1 unspecified atom stereocenters. The van der Waals surface area contributed by atoms with E-state index in [0.717, 1.165) is 0 Å². The van der Waals surface area contributed by atoms with Crippen molar-refractivity contribution in [3.05, 3.63) is 30.5 Å². The van der Waals surface area contributed by atoms with Crippen molar-refractivity contribution in [1.29, 1.82) is 0 Å². The lowest BCUT2D eigenvalue weighted by Crippen LogP contribution is -2.23. The van der Waals surface area contributed by atoms with Crippen molar-refractivity contribution in [2.24, 2.45) is 0 Å². The average Bonchev–Trinajstić information content (AvgIpc) is 2.38. The predicted octanol–water partition coefficient (Wildman–Crippen LogP) is 1.16. The van der Waals surface area contributed by atoms with Crippen LogP contribution >= 0.6 is 11.8 Å². The van der Waals surface area contributed by atoms with Gasteiger partial charge in [-0.25, -0.2) is 15.0 Å². The Bertz CT molecular complexity index is 586. The molecule has 20 heavy (non-hydrogen) atoms. The number of nitrogens with two attached hydrogens (primary N) is 2. The quantitative estimate of drug-likeness (QED) is 0.570. The van der Waals surface area contributed by atoms with Gasteiger partial charge in [0.2, 0.25) is 5.91 Å². The zero-order chi connectivity index (χ0) is 14.5. The largest absolute Gasteiger partial charge is 0.383 e. The molecule has 0 bridgehead atoms. The fraction of sp³-hybridized carbons (Fsp3) is 0.167. The summed E-state index contributed by atoms with van der Waals surface area (Å²) in [5, 5.41) is 2.66. The van der Waals surface area contributed by atoms with Gasteiger partial charge in [0, 0.05) is 12.3 Å². The molecular weight excluding hydrogens is 276 g/mol. The van der Waals surface area contributed by atoms with E-state index in [4.69, 9.17) is 11.5 Å². The number of carbonyl (C=O) groups excluding carboxylic acids is 1. The summed E-state index contributed by atoms with van der Waals surface area (Å²) in [6, 6.07) is 6.74. The third kappa shape index (κ3) is 3.82. The zero-order valence-corrected chi connectivity index (χ0v) is 11.6. The van der Waals surface area contributed by atoms with E-state index in [1.807, 2.05) is 0 Å². The SMILES string of the molecule is CC(Sc1nc(N)cc(N)n1)C(=O)Nc1ccccn1. The highest BCUT2D eigenvalue weighted by Crippen LogP contribution is 2.22. The molecule has 2 heterocycles. The zero-order valence-electron chi connectivity index (χ0n) is 10.8. The predicted molar refractivity (Wildman–Crippen MR) is 79.0 cm³/mol. The van der Waals surface area contributed by atoms with Crippen LogP contribution in [0.4, 0.5) is 17.5 Å². The van der Waals surface area contributed by atoms with E-state index in [9.17, 15) is 4.79 Å². The first-order valence-electron chi connectivity index (χ1n) is 5.83. The van der Waals surface area contributed by atoms with E-state index >= 15 is 0 Å². The number of nitrogens with zero attached hydrogens (tertiary/aromatic N) is 3. The van der Waals surface area contributed by atoms with Gasteiger partial charge < -0.3 is 16.8 Å². The van der Waals surface area contributed by atoms with Gasteiger partial charge >= 0.3 is 0 Å². The van der Waals surface area contributed by atoms with Crippen molar-refractivity contribution in [3.8, 4) is 0 Å². The van der Waals surface area contributed by atoms with Crippen LogP contribution < -0.4 is 16.8 Å². The van der Waals surface area contributed by atoms with Crippen molar-refractivity contribution < 1.29 is 4.79 Å². The van der Waals surface area contributed by atoms with E-state index in [1.54, 1.807) is 31.3 Å². The smallest absolute Gasteiger partial charge is 0.238 e. The van der Waals surface area contributed by atoms with E-state index < -0.39 is 5.25 Å². The van der Waals surface area contributed by atoms with Crippen molar-refractivity contribution in [3.63, 3.8) is 0 Å². The molecule has 2 aromatic rings. The van der Waals surface area contributed by atoms with Crippen molar-refractivity contribution in [2.45, 2.75) is 17.3 Å². The number of pyridine rings is 1. The number of amides is 1. The number of aromatic nitrogens is 3. The molecule has 8 heteroatoms. The Labute approximate surface area is 120 Å². The summed E-state index contributed by atoms with van der Waals surface area (Å²) in [7, 11) is 0. The fourth-order valence-corrected chi connectivity index (χ4v) is 2.19. The summed E-state index contributed by atoms with van der Waals surface area (Å²) in [6.07, 6.45) is 1.61. The third-order valence-electron chi connectivity index (χ3n) is 2.31. The lowest BCUT2D eigenvalue weighted by Gasteiger charge is -2.10. The van der Waals surface area contributed by atoms with Crippen LogP contribution in [0.25, 0.3) is 0 Å². The Morgan fingerprint density at radius 3 is 2.60 bits per heavy atom. The number of anilines is 3. The highest BCUT2D eigenvalue weighted by Gasteiger charge is 2.17. The van der Waals surface area contributed by atoms with Gasteiger partial charge in [-0.3, -0.25) is 4.79 Å². The minimum absolute atomic E-state index is 0.196. The number of hydrogen-bond donors (Lipinski definition) is 3. The molecular formula is C12H14N6OS. The third-order valence-corrected chi connectivity index (χ3v) is 3.27. The van der Waals surface area contributed by atoms with Crippen LogP contribution in [-0.2, 0) is 4.79 Å². The van der Waals surface area contributed by atoms with Gasteiger partial charge in [-0.05, 0) is 19.1 Å². The summed E-state index contributed by atoms with van der Waals surface area (Å²) in [4.78, 5) is 24.1. The maximum Gasteiger partial charge on any atom is 0.238 e. The topological polar surface area (TPSA) is 120 Å². The standard InChI is InChI=1S/C12H14N6OS/c1-7(11(19)18-10-4-2-3-5-15-10)20-12-16-8(13)6-9(14)17-12/h2-7H,1H3,(H,15,18,19)(H4,13,14,16,17). The molecule has 0 radical (unpaired) electrons. The minimum atomic E-state index is -0.404. The summed E-state index contributed by atoms with van der Waals surface area (Å²) >= 11 is 1.18. The molecule has 0 spiro atoms. The van der Waals surface area contributed by atoms with Gasteiger partial charge in [-0.2, -0.15) is 0 Å². The molecule has 0 aromatic carbocycles. The summed E-state index contributed by atoms with van der Waals surface area (Å²) < 4.78 is 0. The second-order valence-electron chi connectivity index (χ2n) is 3.96. The van der Waals surface area contributed by atoms with Gasteiger partial charge in [-0.15, -0.1) is 0 Å². The maximum absolute atomic E-state index is 12.0. The summed E-state index contributed by atoms with van der Waals surface area (Å²) in [5.41, 5.74) is 11.2. The molecule has 0 fully saturated rings. The van der Waals surface area contributed by atoms with Gasteiger partial charge in [0.15, 0.2) is 5.16 Å². The molecule has 5 N–H and O–H groups in total. The second kappa shape index (κ2) is 6.20. The number of hydrogen-bond acceptors (Lipinski definition) is 7. The van der Waals surface area contributed by atoms with E-state index in [2.05, 4.69) is 20.3 Å². The van der Waals surface area contributed by atoms with Crippen LogP contribution in [0.5, 0.6) is 0 Å². The first kappa shape index (κ1) is 14.1. The molecule has 2 aromatic heterocycles. The van der Waals surface area contributed by atoms with E-state index in [1.165, 1.54) is 17.8 Å². The first-order chi connectivity index (χ1) is 9.54. The van der Waals surface area contributed by atoms with Crippen LogP contribution in [-0.4, -0.2) is 26.1 Å². The monoisotopic (exact) mass is 290 g/mol. The molecule has 0 saturated heterocycles. The molecule has 2 rings (SSSR count). The lowest BCUT2D eigenvalue weighted by molar-refractivity contribution is -0.115. The molecule has 104 valence electrons. The summed E-state index contributed by atoms with van der Waals surface area (Å²) in [6.45, 7) is 1.74. The summed E-state index contributed by atoms with van der Waals surface area (Å²) in [5.74, 6) is 0.853. The highest BCUT2D eigenvalue weighted by atomic mass is 32.2. The van der Waals surface area contributed by atoms with Gasteiger partial charge in [0.1, 0.15) is 17.5 Å². The second-order valence-corrected chi connectivity index (χ2v) is 5.27. The fourth-order valence-electron chi connectivity index (χ4n) is 1.39. The van der Waals surface area contributed by atoms with Crippen molar-refractivity contribution in [2.75, 3.05) is 16.8 Å². The number of rotatable bonds is 4. The molecule has 0 aliphatic rings. The number of nitrogens with one attached hydrogen (secondary N) is 1. The lowest BCUT2D eigenvalue weighted by atomic mass is 10.4. The van der Waals surface area contributed by atoms with Gasteiger partial charge in [0.05, 0.1) is 5.25 Å². The highest BCUT2D eigenvalue weighted by molar-refractivity contribution is 8.00. The molecule has 0 aliphatic heterocycles. The van der Waals surface area contributed by atoms with Crippen LogP contribution in [0.1, 0.15) is 6.92 Å². The Hall–Kier alpha value is -2.35. The Morgan fingerprint density at radius 2 is 2.00 bits per heavy atom. The average molecular weight is 290 g/mol. The van der Waals surface area contributed by atoms with Crippen LogP contribution in [0.3, 0.4) is 0 Å². The molecule has 0 aliphatic carbocycles. The Morgan fingerprint density at radius 1 is 1.30 bits per heavy atom. The number of thioether (sulfide) groups is 1. The van der Waals surface area contributed by atoms with E-state index in [-0.39, 0.29) is 17.5 Å². The normalized spacial score (nSPS) is 11.8. The molecule has 7 nitrogen and oxygen atoms in total. The Balaban J connectivity index is 2.00. The van der Waals surface area contributed by atoms with Gasteiger partial charge in [0.25, 0.3) is 0 Å². The molecule has 1 amide bonds. The minimum Gasteiger partial charge on any atom is -0.383 e. The van der Waals surface area contributed by atoms with Crippen molar-refractivity contribution in [1.82, 2.24) is 15.0 Å². The molecule has 1 atom stereocenters. The van der Waals surface area contributed by atoms with Crippen LogP contribution in [0.15, 0.2) is 35.6 Å². The maximum atomic E-state index is 12.0. The van der Waals surface area contributed by atoms with Crippen LogP contribution in [0, 0.1) is 0 Å².